The van der Waals surface area contributed by atoms with Crippen molar-refractivity contribution in [1.82, 2.24) is 19.6 Å². The van der Waals surface area contributed by atoms with Crippen LogP contribution in [-0.4, -0.2) is 19.6 Å². The number of hydrogen-bond acceptors (Lipinski definition) is 4. The molecule has 1 N–H and O–H groups in total. The molecule has 142 valence electrons. The Hall–Kier alpha value is -1.85. The molecule has 0 unspecified atom stereocenters. The lowest BCUT2D eigenvalue weighted by molar-refractivity contribution is 0.629. The van der Waals surface area contributed by atoms with Gasteiger partial charge in [0.1, 0.15) is 5.82 Å². The maximum Gasteiger partial charge on any atom is 0.232 e. The third-order valence-corrected chi connectivity index (χ3v) is 5.56. The van der Waals surface area contributed by atoms with Gasteiger partial charge in [-0.1, -0.05) is 48.9 Å². The molecule has 4 rings (SSSR count). The Morgan fingerprint density at radius 1 is 1.15 bits per heavy atom. The molecule has 0 bridgehead atoms. The zero-order chi connectivity index (χ0) is 19.0. The van der Waals surface area contributed by atoms with Crippen molar-refractivity contribution >= 4 is 40.5 Å². The van der Waals surface area contributed by atoms with Crippen LogP contribution in [0.4, 0.5) is 11.6 Å². The lowest BCUT2D eigenvalue weighted by Crippen LogP contribution is -2.07. The van der Waals surface area contributed by atoms with E-state index in [1.165, 1.54) is 37.7 Å². The first kappa shape index (κ1) is 18.5. The number of anilines is 2. The lowest BCUT2D eigenvalue weighted by Gasteiger charge is -2.13. The van der Waals surface area contributed by atoms with Gasteiger partial charge in [0.25, 0.3) is 0 Å². The van der Waals surface area contributed by atoms with Gasteiger partial charge in [-0.15, -0.1) is 0 Å². The SMILES string of the molecule is Cc1nc(Nc2c(C)cc(Cl)cc2Cl)n2ncc(CCCCC3CC3)c2n1. The van der Waals surface area contributed by atoms with E-state index in [4.69, 9.17) is 23.2 Å². The molecule has 1 fully saturated rings. The molecule has 7 heteroatoms. The third-order valence-electron chi connectivity index (χ3n) is 5.05. The maximum atomic E-state index is 6.38. The molecule has 3 aromatic rings. The minimum absolute atomic E-state index is 0.553. The highest BCUT2D eigenvalue weighted by Crippen LogP contribution is 2.34. The minimum Gasteiger partial charge on any atom is -0.322 e. The van der Waals surface area contributed by atoms with E-state index in [1.807, 2.05) is 26.1 Å². The Kier molecular flexibility index (Phi) is 5.24. The number of hydrogen-bond donors (Lipinski definition) is 1. The van der Waals surface area contributed by atoms with Gasteiger partial charge in [-0.2, -0.15) is 14.6 Å². The van der Waals surface area contributed by atoms with Gasteiger partial charge < -0.3 is 5.32 Å². The number of nitrogens with zero attached hydrogens (tertiary/aromatic N) is 4. The summed E-state index contributed by atoms with van der Waals surface area (Å²) in [4.78, 5) is 9.15. The Balaban J connectivity index is 1.59. The summed E-state index contributed by atoms with van der Waals surface area (Å²) in [5, 5.41) is 9.00. The molecule has 1 saturated carbocycles. The number of halogens is 2. The predicted octanol–water partition coefficient (Wildman–Crippen LogP) is 5.91. The van der Waals surface area contributed by atoms with Gasteiger partial charge in [-0.25, -0.2) is 4.98 Å². The number of fused-ring (bicyclic) bond motifs is 1. The number of aromatic nitrogens is 4. The average molecular weight is 404 g/mol. The molecule has 0 spiro atoms. The first-order valence-corrected chi connectivity index (χ1v) is 10.2. The van der Waals surface area contributed by atoms with E-state index in [1.54, 1.807) is 10.6 Å². The van der Waals surface area contributed by atoms with E-state index in [0.29, 0.717) is 21.8 Å². The van der Waals surface area contributed by atoms with Crippen LogP contribution in [0.15, 0.2) is 18.3 Å². The molecule has 1 aliphatic carbocycles. The summed E-state index contributed by atoms with van der Waals surface area (Å²) in [6.07, 6.45) is 9.54. The first-order chi connectivity index (χ1) is 13.0. The van der Waals surface area contributed by atoms with Crippen LogP contribution in [0.5, 0.6) is 0 Å². The van der Waals surface area contributed by atoms with Crippen molar-refractivity contribution in [3.05, 3.63) is 45.3 Å². The second-order valence-corrected chi connectivity index (χ2v) is 8.24. The molecular formula is C20H23Cl2N5. The van der Waals surface area contributed by atoms with Gasteiger partial charge in [0.15, 0.2) is 5.65 Å². The first-order valence-electron chi connectivity index (χ1n) is 9.45. The number of rotatable bonds is 7. The molecule has 1 aromatic carbocycles. The largest absolute Gasteiger partial charge is 0.322 e. The van der Waals surface area contributed by atoms with Crippen LogP contribution >= 0.6 is 23.2 Å². The number of aryl methyl sites for hydroxylation is 3. The molecule has 2 aromatic heterocycles. The highest BCUT2D eigenvalue weighted by molar-refractivity contribution is 6.36. The van der Waals surface area contributed by atoms with Crippen molar-refractivity contribution in [3.8, 4) is 0 Å². The summed E-state index contributed by atoms with van der Waals surface area (Å²) in [7, 11) is 0. The van der Waals surface area contributed by atoms with Crippen molar-refractivity contribution in [1.29, 1.82) is 0 Å². The van der Waals surface area contributed by atoms with Gasteiger partial charge in [0.2, 0.25) is 5.95 Å². The minimum atomic E-state index is 0.553. The van der Waals surface area contributed by atoms with E-state index >= 15 is 0 Å². The highest BCUT2D eigenvalue weighted by Gasteiger charge is 2.20. The van der Waals surface area contributed by atoms with Crippen LogP contribution in [0.2, 0.25) is 10.0 Å². The molecule has 2 heterocycles. The van der Waals surface area contributed by atoms with Crippen LogP contribution in [0, 0.1) is 19.8 Å². The highest BCUT2D eigenvalue weighted by atomic mass is 35.5. The van der Waals surface area contributed by atoms with Gasteiger partial charge in [-0.05, 0) is 50.3 Å². The zero-order valence-corrected chi connectivity index (χ0v) is 17.1. The Morgan fingerprint density at radius 2 is 1.96 bits per heavy atom. The van der Waals surface area contributed by atoms with Crippen LogP contribution in [0.25, 0.3) is 5.65 Å². The van der Waals surface area contributed by atoms with Gasteiger partial charge in [-0.3, -0.25) is 0 Å². The fourth-order valence-electron chi connectivity index (χ4n) is 3.41. The normalized spacial score (nSPS) is 14.1. The summed E-state index contributed by atoms with van der Waals surface area (Å²) in [5.41, 5.74) is 3.75. The Bertz CT molecular complexity index is 955. The van der Waals surface area contributed by atoms with E-state index in [-0.39, 0.29) is 0 Å². The Labute approximate surface area is 169 Å². The topological polar surface area (TPSA) is 55.1 Å². The number of nitrogens with one attached hydrogen (secondary N) is 1. The summed E-state index contributed by atoms with van der Waals surface area (Å²) in [5.74, 6) is 2.29. The van der Waals surface area contributed by atoms with E-state index in [2.05, 4.69) is 20.4 Å². The Morgan fingerprint density at radius 3 is 2.70 bits per heavy atom. The van der Waals surface area contributed by atoms with Crippen LogP contribution < -0.4 is 5.32 Å². The van der Waals surface area contributed by atoms with Crippen molar-refractivity contribution < 1.29 is 0 Å². The summed E-state index contributed by atoms with van der Waals surface area (Å²) < 4.78 is 1.76. The number of benzene rings is 1. The molecule has 0 atom stereocenters. The molecule has 0 radical (unpaired) electrons. The van der Waals surface area contributed by atoms with Gasteiger partial charge in [0, 0.05) is 10.6 Å². The smallest absolute Gasteiger partial charge is 0.232 e. The third kappa shape index (κ3) is 4.19. The molecule has 0 saturated heterocycles. The molecule has 5 nitrogen and oxygen atoms in total. The second-order valence-electron chi connectivity index (χ2n) is 7.39. The standard InChI is InChI=1S/C20H23Cl2N5/c1-12-9-16(21)10-17(22)18(12)26-20-25-13(2)24-19-15(11-23-27(19)20)6-4-3-5-14-7-8-14/h9-11,14H,3-8H2,1-2H3,(H,24,25,26). The zero-order valence-electron chi connectivity index (χ0n) is 15.6. The van der Waals surface area contributed by atoms with Crippen molar-refractivity contribution in [2.45, 2.75) is 52.4 Å². The monoisotopic (exact) mass is 403 g/mol. The van der Waals surface area contributed by atoms with Gasteiger partial charge in [0.05, 0.1) is 16.9 Å². The second kappa shape index (κ2) is 7.64. The van der Waals surface area contributed by atoms with E-state index in [9.17, 15) is 0 Å². The van der Waals surface area contributed by atoms with Crippen LogP contribution in [0.3, 0.4) is 0 Å². The maximum absolute atomic E-state index is 6.38. The fourth-order valence-corrected chi connectivity index (χ4v) is 4.06. The van der Waals surface area contributed by atoms with Crippen LogP contribution in [-0.2, 0) is 6.42 Å². The van der Waals surface area contributed by atoms with E-state index < -0.39 is 0 Å². The summed E-state index contributed by atoms with van der Waals surface area (Å²) in [6, 6.07) is 3.59. The van der Waals surface area contributed by atoms with Crippen molar-refractivity contribution in [2.75, 3.05) is 5.32 Å². The predicted molar refractivity (Wildman–Crippen MR) is 110 cm³/mol. The quantitative estimate of drug-likeness (QED) is 0.497. The van der Waals surface area contributed by atoms with Crippen molar-refractivity contribution in [3.63, 3.8) is 0 Å². The summed E-state index contributed by atoms with van der Waals surface area (Å²) in [6.45, 7) is 3.85. The van der Waals surface area contributed by atoms with Crippen LogP contribution in [0.1, 0.15) is 49.1 Å². The lowest BCUT2D eigenvalue weighted by atomic mass is 10.1. The summed E-state index contributed by atoms with van der Waals surface area (Å²) >= 11 is 12.5. The molecular weight excluding hydrogens is 381 g/mol. The molecule has 0 aliphatic heterocycles. The average Bonchev–Trinajstić information content (AvgIpc) is 3.34. The fraction of sp³-hybridized carbons (Fsp3) is 0.450. The van der Waals surface area contributed by atoms with Crippen molar-refractivity contribution in [2.24, 2.45) is 5.92 Å². The van der Waals surface area contributed by atoms with Gasteiger partial charge >= 0.3 is 0 Å². The molecule has 1 aliphatic rings. The number of unbranched alkanes of at least 4 members (excludes halogenated alkanes) is 1. The molecule has 27 heavy (non-hydrogen) atoms. The van der Waals surface area contributed by atoms with E-state index in [0.717, 1.165) is 29.2 Å². The molecule has 0 amide bonds.